The van der Waals surface area contributed by atoms with E-state index in [1.807, 2.05) is 24.3 Å². The number of allylic oxidation sites excluding steroid dienone is 2. The van der Waals surface area contributed by atoms with Crippen molar-refractivity contribution in [1.29, 1.82) is 0 Å². The van der Waals surface area contributed by atoms with Crippen molar-refractivity contribution in [3.05, 3.63) is 88.2 Å². The van der Waals surface area contributed by atoms with E-state index in [-0.39, 0.29) is 6.17 Å². The van der Waals surface area contributed by atoms with Gasteiger partial charge in [0.15, 0.2) is 5.82 Å². The third-order valence-corrected chi connectivity index (χ3v) is 5.63. The Labute approximate surface area is 194 Å². The fourth-order valence-corrected chi connectivity index (χ4v) is 4.10. The van der Waals surface area contributed by atoms with Gasteiger partial charge in [0, 0.05) is 30.1 Å². The molecule has 6 nitrogen and oxygen atoms in total. The number of H-pyrrole nitrogens is 1. The van der Waals surface area contributed by atoms with E-state index in [4.69, 9.17) is 9.52 Å². The van der Waals surface area contributed by atoms with Gasteiger partial charge in [-0.3, -0.25) is 14.5 Å². The molecule has 33 heavy (non-hydrogen) atoms. The Bertz CT molecular complexity index is 1260. The molecule has 0 aliphatic carbocycles. The standard InChI is InChI=1S/C27H30N4O2/c1-5-8-25-22(17-31(16-18(2)3)19(4)28-25)15-20-11-13-21(14-12-20)23-9-6-7-10-24(23)26-29-27(32)33-30-26/h6-7,9-14,16-17,19H,5,8,15H2,1-4H3,(H,29,30,32). The lowest BCUT2D eigenvalue weighted by molar-refractivity contribution is 0.388. The lowest BCUT2D eigenvalue weighted by atomic mass is 9.94. The highest BCUT2D eigenvalue weighted by molar-refractivity contribution is 6.01. The van der Waals surface area contributed by atoms with E-state index in [0.717, 1.165) is 36.0 Å². The number of hydrogen-bond acceptors (Lipinski definition) is 5. The van der Waals surface area contributed by atoms with Crippen molar-refractivity contribution in [2.75, 3.05) is 0 Å². The summed E-state index contributed by atoms with van der Waals surface area (Å²) < 4.78 is 4.70. The van der Waals surface area contributed by atoms with Crippen LogP contribution >= 0.6 is 0 Å². The number of nitrogens with one attached hydrogen (secondary N) is 1. The maximum atomic E-state index is 11.4. The largest absolute Gasteiger partial charge is 0.439 e. The molecule has 1 aliphatic rings. The molecule has 0 saturated carbocycles. The number of nitrogens with zero attached hydrogens (tertiary/aromatic N) is 3. The van der Waals surface area contributed by atoms with Gasteiger partial charge in [0.1, 0.15) is 6.17 Å². The van der Waals surface area contributed by atoms with E-state index >= 15 is 0 Å². The molecule has 0 amide bonds. The molecule has 4 rings (SSSR count). The maximum absolute atomic E-state index is 11.4. The Morgan fingerprint density at radius 1 is 1.12 bits per heavy atom. The Kier molecular flexibility index (Phi) is 6.73. The van der Waals surface area contributed by atoms with Crippen LogP contribution in [-0.2, 0) is 6.42 Å². The molecule has 3 aromatic rings. The number of hydrogen-bond donors (Lipinski definition) is 1. The normalized spacial score (nSPS) is 15.8. The molecule has 6 heteroatoms. The molecule has 2 heterocycles. The van der Waals surface area contributed by atoms with Gasteiger partial charge in [-0.15, -0.1) is 0 Å². The van der Waals surface area contributed by atoms with Gasteiger partial charge in [-0.2, -0.15) is 0 Å². The molecule has 0 spiro atoms. The zero-order valence-corrected chi connectivity index (χ0v) is 19.6. The van der Waals surface area contributed by atoms with Crippen molar-refractivity contribution in [3.8, 4) is 22.5 Å². The van der Waals surface area contributed by atoms with E-state index in [1.54, 1.807) is 0 Å². The van der Waals surface area contributed by atoms with Crippen molar-refractivity contribution in [3.63, 3.8) is 0 Å². The van der Waals surface area contributed by atoms with Crippen LogP contribution < -0.4 is 5.76 Å². The summed E-state index contributed by atoms with van der Waals surface area (Å²) in [5.74, 6) is -0.127. The van der Waals surface area contributed by atoms with Gasteiger partial charge >= 0.3 is 5.76 Å². The summed E-state index contributed by atoms with van der Waals surface area (Å²) >= 11 is 0. The summed E-state index contributed by atoms with van der Waals surface area (Å²) in [4.78, 5) is 21.2. The number of benzene rings is 2. The molecule has 1 aromatic heterocycles. The van der Waals surface area contributed by atoms with E-state index in [9.17, 15) is 4.79 Å². The summed E-state index contributed by atoms with van der Waals surface area (Å²) in [6, 6.07) is 16.4. The minimum absolute atomic E-state index is 0.118. The minimum Gasteiger partial charge on any atom is -0.332 e. The highest BCUT2D eigenvalue weighted by Crippen LogP contribution is 2.30. The Balaban J connectivity index is 1.61. The molecule has 170 valence electrons. The molecule has 1 N–H and O–H groups in total. The third kappa shape index (κ3) is 5.22. The number of aromatic nitrogens is 2. The first kappa shape index (κ1) is 22.5. The number of aliphatic imine (C=N–C) groups is 1. The minimum atomic E-state index is -0.558. The van der Waals surface area contributed by atoms with Gasteiger partial charge in [-0.05, 0) is 49.5 Å². The molecule has 0 bridgehead atoms. The van der Waals surface area contributed by atoms with Crippen LogP contribution in [0.3, 0.4) is 0 Å². The van der Waals surface area contributed by atoms with Crippen LogP contribution in [0.1, 0.15) is 46.1 Å². The van der Waals surface area contributed by atoms with Crippen LogP contribution in [0.2, 0.25) is 0 Å². The molecule has 1 unspecified atom stereocenters. The quantitative estimate of drug-likeness (QED) is 0.491. The van der Waals surface area contributed by atoms with Crippen LogP contribution in [0.5, 0.6) is 0 Å². The number of rotatable bonds is 7. The first-order chi connectivity index (χ1) is 15.9. The van der Waals surface area contributed by atoms with Crippen LogP contribution in [0.15, 0.2) is 86.4 Å². The van der Waals surface area contributed by atoms with E-state index in [0.29, 0.717) is 5.82 Å². The van der Waals surface area contributed by atoms with Gasteiger partial charge in [-0.25, -0.2) is 4.79 Å². The van der Waals surface area contributed by atoms with Crippen LogP contribution in [0.4, 0.5) is 0 Å². The first-order valence-electron chi connectivity index (χ1n) is 11.4. The van der Waals surface area contributed by atoms with Gasteiger partial charge in [0.2, 0.25) is 0 Å². The zero-order chi connectivity index (χ0) is 23.4. The Morgan fingerprint density at radius 2 is 1.85 bits per heavy atom. The average molecular weight is 443 g/mol. The van der Waals surface area contributed by atoms with Crippen molar-refractivity contribution in [2.24, 2.45) is 4.99 Å². The fraction of sp³-hybridized carbons (Fsp3) is 0.296. The molecule has 2 aromatic carbocycles. The van der Waals surface area contributed by atoms with Gasteiger partial charge in [0.25, 0.3) is 0 Å². The van der Waals surface area contributed by atoms with Gasteiger partial charge in [-0.1, -0.05) is 72.6 Å². The van der Waals surface area contributed by atoms with Crippen molar-refractivity contribution in [2.45, 2.75) is 53.1 Å². The monoisotopic (exact) mass is 442 g/mol. The molecule has 0 radical (unpaired) electrons. The number of aromatic amines is 1. The molecule has 0 saturated heterocycles. The fourth-order valence-electron chi connectivity index (χ4n) is 4.10. The Hall–Kier alpha value is -3.67. The van der Waals surface area contributed by atoms with E-state index in [1.165, 1.54) is 22.4 Å². The topological polar surface area (TPSA) is 74.5 Å². The summed E-state index contributed by atoms with van der Waals surface area (Å²) in [5, 5.41) is 3.85. The van der Waals surface area contributed by atoms with Crippen LogP contribution in [0, 0.1) is 0 Å². The molecule has 0 fully saturated rings. The first-order valence-corrected chi connectivity index (χ1v) is 11.4. The van der Waals surface area contributed by atoms with Crippen molar-refractivity contribution < 1.29 is 4.52 Å². The summed E-state index contributed by atoms with van der Waals surface area (Å²) in [6.07, 6.45) is 7.42. The van der Waals surface area contributed by atoms with Crippen LogP contribution in [-0.4, -0.2) is 26.9 Å². The average Bonchev–Trinajstić information content (AvgIpc) is 3.23. The third-order valence-electron chi connectivity index (χ3n) is 5.63. The summed E-state index contributed by atoms with van der Waals surface area (Å²) in [7, 11) is 0. The predicted octanol–water partition coefficient (Wildman–Crippen LogP) is 5.95. The van der Waals surface area contributed by atoms with E-state index < -0.39 is 5.76 Å². The molecule has 1 atom stereocenters. The molecule has 1 aliphatic heterocycles. The predicted molar refractivity (Wildman–Crippen MR) is 133 cm³/mol. The summed E-state index contributed by atoms with van der Waals surface area (Å²) in [6.45, 7) is 8.55. The maximum Gasteiger partial charge on any atom is 0.439 e. The van der Waals surface area contributed by atoms with Gasteiger partial charge < -0.3 is 4.90 Å². The lowest BCUT2D eigenvalue weighted by Gasteiger charge is -2.29. The molecular formula is C27H30N4O2. The van der Waals surface area contributed by atoms with E-state index in [2.05, 4.69) is 79.4 Å². The second-order valence-electron chi connectivity index (χ2n) is 8.63. The van der Waals surface area contributed by atoms with Crippen molar-refractivity contribution >= 4 is 5.71 Å². The Morgan fingerprint density at radius 3 is 2.48 bits per heavy atom. The highest BCUT2D eigenvalue weighted by atomic mass is 16.5. The van der Waals surface area contributed by atoms with Crippen molar-refractivity contribution in [1.82, 2.24) is 15.0 Å². The summed E-state index contributed by atoms with van der Waals surface area (Å²) in [5.41, 5.74) is 7.82. The SMILES string of the molecule is CCCC1=NC(C)N(C=C(C)C)C=C1Cc1ccc(-c2ccccc2-c2noc(=O)[nH]2)cc1. The smallest absolute Gasteiger partial charge is 0.332 e. The molecular weight excluding hydrogens is 412 g/mol. The van der Waals surface area contributed by atoms with Crippen LogP contribution in [0.25, 0.3) is 22.5 Å². The second-order valence-corrected chi connectivity index (χ2v) is 8.63. The lowest BCUT2D eigenvalue weighted by Crippen LogP contribution is -2.29. The highest BCUT2D eigenvalue weighted by Gasteiger charge is 2.19. The van der Waals surface area contributed by atoms with Gasteiger partial charge in [0.05, 0.1) is 0 Å². The second kappa shape index (κ2) is 9.86. The zero-order valence-electron chi connectivity index (χ0n) is 19.6.